The van der Waals surface area contributed by atoms with Crippen LogP contribution >= 0.6 is 0 Å². The molecule has 0 aromatic carbocycles. The van der Waals surface area contributed by atoms with Crippen molar-refractivity contribution in [2.24, 2.45) is 11.8 Å². The molecule has 1 N–H and O–H groups in total. The molecule has 1 aromatic rings. The van der Waals surface area contributed by atoms with Gasteiger partial charge in [-0.05, 0) is 63.2 Å². The Morgan fingerprint density at radius 1 is 1.00 bits per heavy atom. The Kier molecular flexibility index (Phi) is 2.46. The summed E-state index contributed by atoms with van der Waals surface area (Å²) in [5.41, 5.74) is -0.268. The molecule has 0 amide bonds. The number of aryl methyl sites for hydroxylation is 1. The minimum atomic E-state index is -0.402. The standard InChI is InChI=1S/C17H25N3O/c21-17-9-12-6-13(10-17)8-16(7-12,11-17)15-19-18-14-4-2-1-3-5-20(14)15/h12-13,21H,1-11H2. The van der Waals surface area contributed by atoms with E-state index >= 15 is 0 Å². The van der Waals surface area contributed by atoms with E-state index in [0.29, 0.717) is 0 Å². The van der Waals surface area contributed by atoms with Gasteiger partial charge in [-0.25, -0.2) is 0 Å². The molecule has 4 aliphatic carbocycles. The molecule has 1 aliphatic heterocycles. The normalized spacial score (nSPS) is 44.6. The summed E-state index contributed by atoms with van der Waals surface area (Å²) < 4.78 is 2.43. The Morgan fingerprint density at radius 3 is 2.57 bits per heavy atom. The topological polar surface area (TPSA) is 50.9 Å². The van der Waals surface area contributed by atoms with Gasteiger partial charge in [0.2, 0.25) is 0 Å². The van der Waals surface area contributed by atoms with Crippen LogP contribution in [0.4, 0.5) is 0 Å². The molecular formula is C17H25N3O. The average Bonchev–Trinajstić information content (AvgIpc) is 2.67. The van der Waals surface area contributed by atoms with Crippen LogP contribution in [-0.2, 0) is 18.4 Å². The summed E-state index contributed by atoms with van der Waals surface area (Å²) in [4.78, 5) is 0. The van der Waals surface area contributed by atoms with Crippen molar-refractivity contribution < 1.29 is 5.11 Å². The fourth-order valence-electron chi connectivity index (χ4n) is 6.35. The van der Waals surface area contributed by atoms with E-state index in [1.165, 1.54) is 50.2 Å². The van der Waals surface area contributed by atoms with Crippen molar-refractivity contribution in [3.8, 4) is 0 Å². The highest BCUT2D eigenvalue weighted by Gasteiger charge is 2.59. The Balaban J connectivity index is 1.59. The van der Waals surface area contributed by atoms with E-state index in [1.54, 1.807) is 0 Å². The van der Waals surface area contributed by atoms with Gasteiger partial charge in [-0.3, -0.25) is 0 Å². The highest BCUT2D eigenvalue weighted by Crippen LogP contribution is 2.61. The van der Waals surface area contributed by atoms with Crippen LogP contribution < -0.4 is 0 Å². The SMILES string of the molecule is OC12CC3CC(C1)CC(c1nnc4n1CCCCC4)(C3)C2. The number of aromatic nitrogens is 3. The molecule has 21 heavy (non-hydrogen) atoms. The van der Waals surface area contributed by atoms with Gasteiger partial charge < -0.3 is 9.67 Å². The summed E-state index contributed by atoms with van der Waals surface area (Å²) in [6, 6.07) is 0. The monoisotopic (exact) mass is 287 g/mol. The smallest absolute Gasteiger partial charge is 0.139 e. The number of nitrogens with zero attached hydrogens (tertiary/aromatic N) is 3. The quantitative estimate of drug-likeness (QED) is 0.863. The molecular weight excluding hydrogens is 262 g/mol. The van der Waals surface area contributed by atoms with Gasteiger partial charge in [0.1, 0.15) is 11.6 Å². The largest absolute Gasteiger partial charge is 0.390 e. The van der Waals surface area contributed by atoms with Gasteiger partial charge in [0, 0.05) is 18.4 Å². The fraction of sp³-hybridized carbons (Fsp3) is 0.882. The number of aliphatic hydroxyl groups is 1. The maximum atomic E-state index is 11.0. The third-order valence-electron chi connectivity index (χ3n) is 6.61. The maximum Gasteiger partial charge on any atom is 0.139 e. The molecule has 2 unspecified atom stereocenters. The van der Waals surface area contributed by atoms with Gasteiger partial charge in [0.05, 0.1) is 5.60 Å². The van der Waals surface area contributed by atoms with Crippen LogP contribution in [0.25, 0.3) is 0 Å². The first-order valence-corrected chi connectivity index (χ1v) is 8.81. The lowest BCUT2D eigenvalue weighted by atomic mass is 9.47. The van der Waals surface area contributed by atoms with Crippen LogP contribution in [-0.4, -0.2) is 25.5 Å². The van der Waals surface area contributed by atoms with Crippen molar-refractivity contribution in [1.82, 2.24) is 14.8 Å². The summed E-state index contributed by atoms with van der Waals surface area (Å²) in [5, 5.41) is 20.2. The molecule has 4 saturated carbocycles. The number of rotatable bonds is 1. The molecule has 4 heteroatoms. The van der Waals surface area contributed by atoms with Crippen molar-refractivity contribution in [1.29, 1.82) is 0 Å². The first-order chi connectivity index (χ1) is 10.2. The predicted octanol–water partition coefficient (Wildman–Crippen LogP) is 2.59. The van der Waals surface area contributed by atoms with Gasteiger partial charge in [0.25, 0.3) is 0 Å². The number of hydrogen-bond acceptors (Lipinski definition) is 3. The third kappa shape index (κ3) is 1.77. The summed E-state index contributed by atoms with van der Waals surface area (Å²) in [5.74, 6) is 3.86. The second kappa shape index (κ2) is 4.09. The molecule has 0 saturated heterocycles. The second-order valence-corrected chi connectivity index (χ2v) is 8.37. The van der Waals surface area contributed by atoms with Crippen LogP contribution in [0.1, 0.15) is 69.4 Å². The van der Waals surface area contributed by atoms with Crippen molar-refractivity contribution in [2.75, 3.05) is 0 Å². The molecule has 5 aliphatic rings. The number of fused-ring (bicyclic) bond motifs is 1. The Bertz CT molecular complexity index is 565. The number of hydrogen-bond donors (Lipinski definition) is 1. The van der Waals surface area contributed by atoms with Crippen molar-refractivity contribution in [3.05, 3.63) is 11.6 Å². The van der Waals surface area contributed by atoms with E-state index in [0.717, 1.165) is 44.1 Å². The molecule has 6 rings (SSSR count). The van der Waals surface area contributed by atoms with Crippen molar-refractivity contribution >= 4 is 0 Å². The average molecular weight is 287 g/mol. The fourth-order valence-corrected chi connectivity index (χ4v) is 6.35. The van der Waals surface area contributed by atoms with Gasteiger partial charge in [0.15, 0.2) is 0 Å². The van der Waals surface area contributed by atoms with E-state index in [1.807, 2.05) is 0 Å². The van der Waals surface area contributed by atoms with E-state index in [4.69, 9.17) is 0 Å². The van der Waals surface area contributed by atoms with Crippen molar-refractivity contribution in [3.63, 3.8) is 0 Å². The Morgan fingerprint density at radius 2 is 1.81 bits per heavy atom. The van der Waals surface area contributed by atoms with Crippen LogP contribution in [0.5, 0.6) is 0 Å². The van der Waals surface area contributed by atoms with Crippen LogP contribution in [0.3, 0.4) is 0 Å². The summed E-state index contributed by atoms with van der Waals surface area (Å²) in [6.45, 7) is 1.09. The zero-order chi connectivity index (χ0) is 14.1. The molecule has 114 valence electrons. The first kappa shape index (κ1) is 12.6. The molecule has 0 spiro atoms. The molecule has 2 atom stereocenters. The molecule has 4 fully saturated rings. The Hall–Kier alpha value is -0.900. The van der Waals surface area contributed by atoms with E-state index in [2.05, 4.69) is 14.8 Å². The molecule has 4 nitrogen and oxygen atoms in total. The van der Waals surface area contributed by atoms with Crippen LogP contribution in [0.2, 0.25) is 0 Å². The summed E-state index contributed by atoms with van der Waals surface area (Å²) in [6.07, 6.45) is 11.7. The lowest BCUT2D eigenvalue weighted by Crippen LogP contribution is -2.58. The molecule has 0 radical (unpaired) electrons. The molecule has 4 bridgehead atoms. The first-order valence-electron chi connectivity index (χ1n) is 8.81. The maximum absolute atomic E-state index is 11.0. The highest BCUT2D eigenvalue weighted by atomic mass is 16.3. The summed E-state index contributed by atoms with van der Waals surface area (Å²) in [7, 11) is 0. The molecule has 2 heterocycles. The Labute approximate surface area is 126 Å². The van der Waals surface area contributed by atoms with E-state index in [-0.39, 0.29) is 5.41 Å². The van der Waals surface area contributed by atoms with Crippen LogP contribution in [0, 0.1) is 11.8 Å². The summed E-state index contributed by atoms with van der Waals surface area (Å²) >= 11 is 0. The minimum Gasteiger partial charge on any atom is -0.390 e. The van der Waals surface area contributed by atoms with Gasteiger partial charge in [-0.2, -0.15) is 0 Å². The molecule has 1 aromatic heterocycles. The van der Waals surface area contributed by atoms with Crippen LogP contribution in [0.15, 0.2) is 0 Å². The second-order valence-electron chi connectivity index (χ2n) is 8.37. The van der Waals surface area contributed by atoms with Crippen molar-refractivity contribution in [2.45, 2.75) is 81.8 Å². The van der Waals surface area contributed by atoms with E-state index in [9.17, 15) is 5.11 Å². The zero-order valence-corrected chi connectivity index (χ0v) is 12.7. The van der Waals surface area contributed by atoms with Gasteiger partial charge in [-0.1, -0.05) is 6.42 Å². The highest BCUT2D eigenvalue weighted by molar-refractivity contribution is 5.22. The lowest BCUT2D eigenvalue weighted by molar-refractivity contribution is -0.139. The lowest BCUT2D eigenvalue weighted by Gasteiger charge is -2.59. The van der Waals surface area contributed by atoms with Gasteiger partial charge in [-0.15, -0.1) is 10.2 Å². The predicted molar refractivity (Wildman–Crippen MR) is 78.9 cm³/mol. The minimum absolute atomic E-state index is 0.133. The van der Waals surface area contributed by atoms with Gasteiger partial charge >= 0.3 is 0 Å². The van der Waals surface area contributed by atoms with E-state index < -0.39 is 5.60 Å². The third-order valence-corrected chi connectivity index (χ3v) is 6.61. The zero-order valence-electron chi connectivity index (χ0n) is 12.7.